The van der Waals surface area contributed by atoms with E-state index >= 15 is 0 Å². The van der Waals surface area contributed by atoms with E-state index in [0.29, 0.717) is 6.54 Å². The average Bonchev–Trinajstić information content (AvgIpc) is 2.97. The Bertz CT molecular complexity index is 470. The first kappa shape index (κ1) is 15.8. The van der Waals surface area contributed by atoms with Crippen LogP contribution in [0.1, 0.15) is 37.0 Å². The van der Waals surface area contributed by atoms with Crippen LogP contribution in [0, 0.1) is 5.92 Å². The number of hydrogen-bond donors (Lipinski definition) is 1. The van der Waals surface area contributed by atoms with Gasteiger partial charge in [0.15, 0.2) is 0 Å². The summed E-state index contributed by atoms with van der Waals surface area (Å²) in [6.07, 6.45) is 1.65. The molecule has 2 unspecified atom stereocenters. The number of hydrogen-bond acceptors (Lipinski definition) is 3. The number of anilines is 1. The molecule has 0 aliphatic carbocycles. The summed E-state index contributed by atoms with van der Waals surface area (Å²) in [5, 5.41) is 9.63. The second-order valence-corrected chi connectivity index (χ2v) is 6.01. The van der Waals surface area contributed by atoms with Gasteiger partial charge in [-0.15, -0.1) is 0 Å². The molecular formula is C17H26N2O2. The molecule has 21 heavy (non-hydrogen) atoms. The highest BCUT2D eigenvalue weighted by Gasteiger charge is 2.29. The Morgan fingerprint density at radius 2 is 2.10 bits per heavy atom. The lowest BCUT2D eigenvalue weighted by Gasteiger charge is -2.20. The third-order valence-corrected chi connectivity index (χ3v) is 4.31. The number of aliphatic hydroxyl groups is 1. The Morgan fingerprint density at radius 1 is 1.43 bits per heavy atom. The second kappa shape index (κ2) is 6.94. The summed E-state index contributed by atoms with van der Waals surface area (Å²) in [7, 11) is 2.06. The third-order valence-electron chi connectivity index (χ3n) is 4.31. The molecule has 2 rings (SSSR count). The van der Waals surface area contributed by atoms with E-state index in [2.05, 4.69) is 18.9 Å². The minimum Gasteiger partial charge on any atom is -0.393 e. The number of rotatable bonds is 5. The van der Waals surface area contributed by atoms with Gasteiger partial charge in [-0.1, -0.05) is 6.92 Å². The van der Waals surface area contributed by atoms with E-state index in [1.807, 2.05) is 29.2 Å². The van der Waals surface area contributed by atoms with E-state index in [1.165, 1.54) is 0 Å². The van der Waals surface area contributed by atoms with E-state index in [0.717, 1.165) is 37.2 Å². The highest BCUT2D eigenvalue weighted by molar-refractivity contribution is 5.94. The molecule has 1 heterocycles. The normalized spacial score (nSPS) is 19.6. The van der Waals surface area contributed by atoms with Crippen LogP contribution in [-0.2, 0) is 0 Å². The van der Waals surface area contributed by atoms with Crippen molar-refractivity contribution in [3.63, 3.8) is 0 Å². The van der Waals surface area contributed by atoms with Gasteiger partial charge in [0.1, 0.15) is 0 Å². The number of benzene rings is 1. The van der Waals surface area contributed by atoms with Crippen molar-refractivity contribution < 1.29 is 9.90 Å². The zero-order chi connectivity index (χ0) is 15.4. The first-order valence-corrected chi connectivity index (χ1v) is 7.81. The van der Waals surface area contributed by atoms with E-state index in [-0.39, 0.29) is 17.9 Å². The molecule has 1 saturated heterocycles. The largest absolute Gasteiger partial charge is 0.393 e. The van der Waals surface area contributed by atoms with E-state index in [4.69, 9.17) is 0 Å². The maximum absolute atomic E-state index is 12.5. The molecule has 1 fully saturated rings. The SMILES string of the molecule is CCCN(C)c1ccc(C(=O)N2CCC(C(C)O)C2)cc1. The fourth-order valence-corrected chi connectivity index (χ4v) is 2.87. The standard InChI is InChI=1S/C17H26N2O2/c1-4-10-18(3)16-7-5-14(6-8-16)17(21)19-11-9-15(12-19)13(2)20/h5-8,13,15,20H,4,9-12H2,1-3H3. The predicted octanol–water partition coefficient (Wildman–Crippen LogP) is 2.38. The topological polar surface area (TPSA) is 43.8 Å². The Labute approximate surface area is 127 Å². The molecule has 4 heteroatoms. The molecule has 116 valence electrons. The van der Waals surface area contributed by atoms with Crippen LogP contribution < -0.4 is 4.90 Å². The monoisotopic (exact) mass is 290 g/mol. The van der Waals surface area contributed by atoms with Crippen LogP contribution in [0.5, 0.6) is 0 Å². The molecule has 0 radical (unpaired) electrons. The zero-order valence-corrected chi connectivity index (χ0v) is 13.2. The Balaban J connectivity index is 2.00. The molecule has 0 aromatic heterocycles. The van der Waals surface area contributed by atoms with E-state index in [1.54, 1.807) is 6.92 Å². The molecule has 0 saturated carbocycles. The van der Waals surface area contributed by atoms with Gasteiger partial charge in [0, 0.05) is 43.9 Å². The summed E-state index contributed by atoms with van der Waals surface area (Å²) < 4.78 is 0. The molecule has 0 spiro atoms. The van der Waals surface area contributed by atoms with Crippen LogP contribution >= 0.6 is 0 Å². The first-order chi connectivity index (χ1) is 10.0. The van der Waals surface area contributed by atoms with Crippen molar-refractivity contribution in [2.24, 2.45) is 5.92 Å². The fraction of sp³-hybridized carbons (Fsp3) is 0.588. The van der Waals surface area contributed by atoms with Crippen molar-refractivity contribution in [3.05, 3.63) is 29.8 Å². The van der Waals surface area contributed by atoms with Crippen LogP contribution in [0.25, 0.3) is 0 Å². The lowest BCUT2D eigenvalue weighted by atomic mass is 10.0. The molecule has 1 amide bonds. The Kier molecular flexibility index (Phi) is 5.23. The van der Waals surface area contributed by atoms with Gasteiger partial charge in [-0.3, -0.25) is 4.79 Å². The number of carbonyl (C=O) groups excluding carboxylic acids is 1. The summed E-state index contributed by atoms with van der Waals surface area (Å²) >= 11 is 0. The summed E-state index contributed by atoms with van der Waals surface area (Å²) in [4.78, 5) is 16.5. The molecular weight excluding hydrogens is 264 g/mol. The summed E-state index contributed by atoms with van der Waals surface area (Å²) in [6, 6.07) is 7.81. The maximum Gasteiger partial charge on any atom is 0.253 e. The molecule has 0 bridgehead atoms. The fourth-order valence-electron chi connectivity index (χ4n) is 2.87. The van der Waals surface area contributed by atoms with Gasteiger partial charge in [-0.05, 0) is 44.0 Å². The lowest BCUT2D eigenvalue weighted by molar-refractivity contribution is 0.0762. The smallest absolute Gasteiger partial charge is 0.253 e. The minimum atomic E-state index is -0.340. The number of nitrogens with zero attached hydrogens (tertiary/aromatic N) is 2. The van der Waals surface area contributed by atoms with Crippen molar-refractivity contribution >= 4 is 11.6 Å². The summed E-state index contributed by atoms with van der Waals surface area (Å²) in [5.74, 6) is 0.284. The van der Waals surface area contributed by atoms with Crippen LogP contribution in [0.2, 0.25) is 0 Å². The van der Waals surface area contributed by atoms with Gasteiger partial charge in [-0.25, -0.2) is 0 Å². The van der Waals surface area contributed by atoms with Crippen molar-refractivity contribution in [2.75, 3.05) is 31.6 Å². The minimum absolute atomic E-state index is 0.0721. The van der Waals surface area contributed by atoms with Crippen molar-refractivity contribution in [3.8, 4) is 0 Å². The number of likely N-dealkylation sites (tertiary alicyclic amines) is 1. The number of carbonyl (C=O) groups is 1. The Morgan fingerprint density at radius 3 is 2.62 bits per heavy atom. The molecule has 2 atom stereocenters. The van der Waals surface area contributed by atoms with Crippen LogP contribution in [0.15, 0.2) is 24.3 Å². The van der Waals surface area contributed by atoms with E-state index in [9.17, 15) is 9.90 Å². The molecule has 4 nitrogen and oxygen atoms in total. The summed E-state index contributed by atoms with van der Waals surface area (Å²) in [6.45, 7) is 6.37. The number of amides is 1. The second-order valence-electron chi connectivity index (χ2n) is 6.01. The van der Waals surface area contributed by atoms with Crippen molar-refractivity contribution in [2.45, 2.75) is 32.8 Å². The van der Waals surface area contributed by atoms with Gasteiger partial charge in [-0.2, -0.15) is 0 Å². The highest BCUT2D eigenvalue weighted by atomic mass is 16.3. The Hall–Kier alpha value is -1.55. The average molecular weight is 290 g/mol. The van der Waals surface area contributed by atoms with Gasteiger partial charge in [0.25, 0.3) is 5.91 Å². The van der Waals surface area contributed by atoms with Crippen LogP contribution in [0.4, 0.5) is 5.69 Å². The maximum atomic E-state index is 12.5. The van der Waals surface area contributed by atoms with Gasteiger partial charge in [0.2, 0.25) is 0 Å². The van der Waals surface area contributed by atoms with Gasteiger partial charge in [0.05, 0.1) is 6.10 Å². The van der Waals surface area contributed by atoms with Gasteiger partial charge >= 0.3 is 0 Å². The van der Waals surface area contributed by atoms with Crippen molar-refractivity contribution in [1.29, 1.82) is 0 Å². The van der Waals surface area contributed by atoms with Crippen LogP contribution in [-0.4, -0.2) is 48.7 Å². The first-order valence-electron chi connectivity index (χ1n) is 7.81. The summed E-state index contributed by atoms with van der Waals surface area (Å²) in [5.41, 5.74) is 1.87. The molecule has 1 aromatic rings. The van der Waals surface area contributed by atoms with E-state index < -0.39 is 0 Å². The lowest BCUT2D eigenvalue weighted by Crippen LogP contribution is -2.30. The van der Waals surface area contributed by atoms with Crippen molar-refractivity contribution in [1.82, 2.24) is 4.90 Å². The third kappa shape index (κ3) is 3.76. The number of aliphatic hydroxyl groups excluding tert-OH is 1. The molecule has 1 N–H and O–H groups in total. The molecule has 1 aliphatic heterocycles. The predicted molar refractivity (Wildman–Crippen MR) is 85.7 cm³/mol. The molecule has 1 aliphatic rings. The van der Waals surface area contributed by atoms with Crippen LogP contribution in [0.3, 0.4) is 0 Å². The quantitative estimate of drug-likeness (QED) is 0.905. The highest BCUT2D eigenvalue weighted by Crippen LogP contribution is 2.22. The molecule has 1 aromatic carbocycles. The van der Waals surface area contributed by atoms with Gasteiger partial charge < -0.3 is 14.9 Å². The zero-order valence-electron chi connectivity index (χ0n) is 13.2.